The first-order chi connectivity index (χ1) is 7.18. The quantitative estimate of drug-likeness (QED) is 0.758. The van der Waals surface area contributed by atoms with Crippen LogP contribution in [-0.4, -0.2) is 18.7 Å². The lowest BCUT2D eigenvalue weighted by Crippen LogP contribution is -2.26. The fraction of sp³-hybridized carbons (Fsp3) is 0.364. The molecular weight excluding hydrogens is 192 g/mol. The number of amides is 1. The lowest BCUT2D eigenvalue weighted by molar-refractivity contribution is 0.153. The first kappa shape index (κ1) is 11.5. The van der Waals surface area contributed by atoms with Crippen molar-refractivity contribution in [2.45, 2.75) is 18.9 Å². The number of hydrogen-bond acceptors (Lipinski definition) is 3. The topological polar surface area (TPSA) is 78.3 Å². The third-order valence-electron chi connectivity index (χ3n) is 2.07. The van der Waals surface area contributed by atoms with Crippen LogP contribution in [0.25, 0.3) is 0 Å². The molecule has 0 aliphatic carbocycles. The molecule has 4 nitrogen and oxygen atoms in total. The molecule has 1 unspecified atom stereocenters. The van der Waals surface area contributed by atoms with E-state index in [1.54, 1.807) is 0 Å². The van der Waals surface area contributed by atoms with Gasteiger partial charge >= 0.3 is 6.09 Å². The standard InChI is InChI=1S/C11H16N2O2/c12-10(6-7-15-11(13)14)8-9-4-2-1-3-5-9/h1-5,10H,6-8,12H2,(H2,13,14). The normalized spacial score (nSPS) is 12.1. The van der Waals surface area contributed by atoms with Crippen molar-refractivity contribution in [3.05, 3.63) is 35.9 Å². The molecule has 1 aromatic carbocycles. The molecule has 0 aliphatic heterocycles. The number of benzene rings is 1. The Morgan fingerprint density at radius 2 is 2.00 bits per heavy atom. The van der Waals surface area contributed by atoms with Gasteiger partial charge in [0.15, 0.2) is 0 Å². The minimum absolute atomic E-state index is 0.00764. The van der Waals surface area contributed by atoms with Crippen LogP contribution in [0.2, 0.25) is 0 Å². The Morgan fingerprint density at radius 1 is 1.33 bits per heavy atom. The first-order valence-electron chi connectivity index (χ1n) is 4.90. The van der Waals surface area contributed by atoms with E-state index in [2.05, 4.69) is 4.74 Å². The summed E-state index contributed by atoms with van der Waals surface area (Å²) in [6.45, 7) is 0.281. The van der Waals surface area contributed by atoms with Crippen LogP contribution in [0.15, 0.2) is 30.3 Å². The Morgan fingerprint density at radius 3 is 2.60 bits per heavy atom. The number of carbonyl (C=O) groups excluding carboxylic acids is 1. The SMILES string of the molecule is NC(=O)OCCC(N)Cc1ccccc1. The van der Waals surface area contributed by atoms with Gasteiger partial charge in [-0.1, -0.05) is 30.3 Å². The Hall–Kier alpha value is -1.55. The Kier molecular flexibility index (Phi) is 4.63. The number of rotatable bonds is 5. The van der Waals surface area contributed by atoms with Crippen LogP contribution in [0.4, 0.5) is 4.79 Å². The third-order valence-corrected chi connectivity index (χ3v) is 2.07. The highest BCUT2D eigenvalue weighted by Crippen LogP contribution is 2.03. The molecule has 1 aromatic rings. The van der Waals surface area contributed by atoms with Crippen LogP contribution in [0.1, 0.15) is 12.0 Å². The summed E-state index contributed by atoms with van der Waals surface area (Å²) in [6, 6.07) is 9.95. The zero-order valence-corrected chi connectivity index (χ0v) is 8.56. The second-order valence-corrected chi connectivity index (χ2v) is 3.41. The van der Waals surface area contributed by atoms with Gasteiger partial charge in [-0.05, 0) is 18.4 Å². The molecule has 0 radical (unpaired) electrons. The minimum Gasteiger partial charge on any atom is -0.450 e. The fourth-order valence-corrected chi connectivity index (χ4v) is 1.33. The first-order valence-corrected chi connectivity index (χ1v) is 4.90. The summed E-state index contributed by atoms with van der Waals surface area (Å²) in [7, 11) is 0. The molecule has 82 valence electrons. The lowest BCUT2D eigenvalue weighted by Gasteiger charge is -2.10. The smallest absolute Gasteiger partial charge is 0.404 e. The van der Waals surface area contributed by atoms with Crippen molar-refractivity contribution in [2.24, 2.45) is 11.5 Å². The lowest BCUT2D eigenvalue weighted by atomic mass is 10.0. The molecule has 0 spiro atoms. The molecule has 0 heterocycles. The molecule has 15 heavy (non-hydrogen) atoms. The van der Waals surface area contributed by atoms with Gasteiger partial charge in [-0.3, -0.25) is 0 Å². The molecule has 1 atom stereocenters. The second-order valence-electron chi connectivity index (χ2n) is 3.41. The average Bonchev–Trinajstić information content (AvgIpc) is 2.18. The van der Waals surface area contributed by atoms with E-state index in [4.69, 9.17) is 11.5 Å². The van der Waals surface area contributed by atoms with Gasteiger partial charge in [0.05, 0.1) is 6.61 Å². The monoisotopic (exact) mass is 208 g/mol. The molecular formula is C11H16N2O2. The van der Waals surface area contributed by atoms with Crippen molar-refractivity contribution in [2.75, 3.05) is 6.61 Å². The van der Waals surface area contributed by atoms with Crippen molar-refractivity contribution in [3.8, 4) is 0 Å². The van der Waals surface area contributed by atoms with Gasteiger partial charge in [0.25, 0.3) is 0 Å². The van der Waals surface area contributed by atoms with E-state index in [1.165, 1.54) is 5.56 Å². The summed E-state index contributed by atoms with van der Waals surface area (Å²) in [5.41, 5.74) is 11.9. The Labute approximate surface area is 89.2 Å². The molecule has 1 amide bonds. The van der Waals surface area contributed by atoms with Crippen LogP contribution < -0.4 is 11.5 Å². The third kappa shape index (κ3) is 5.02. The van der Waals surface area contributed by atoms with Gasteiger partial charge in [-0.15, -0.1) is 0 Å². The van der Waals surface area contributed by atoms with Gasteiger partial charge < -0.3 is 16.2 Å². The van der Waals surface area contributed by atoms with E-state index in [1.807, 2.05) is 30.3 Å². The zero-order chi connectivity index (χ0) is 11.1. The second kappa shape index (κ2) is 6.03. The molecule has 0 saturated heterocycles. The molecule has 1 rings (SSSR count). The van der Waals surface area contributed by atoms with Crippen molar-refractivity contribution >= 4 is 6.09 Å². The summed E-state index contributed by atoms with van der Waals surface area (Å²) < 4.78 is 4.61. The maximum atomic E-state index is 10.3. The number of primary amides is 1. The van der Waals surface area contributed by atoms with Gasteiger partial charge in [0.2, 0.25) is 0 Å². The van der Waals surface area contributed by atoms with Crippen molar-refractivity contribution in [1.82, 2.24) is 0 Å². The summed E-state index contributed by atoms with van der Waals surface area (Å²) in [4.78, 5) is 10.3. The Bertz CT molecular complexity index is 301. The predicted molar refractivity (Wildman–Crippen MR) is 58.3 cm³/mol. The number of ether oxygens (including phenoxy) is 1. The maximum absolute atomic E-state index is 10.3. The fourth-order valence-electron chi connectivity index (χ4n) is 1.33. The zero-order valence-electron chi connectivity index (χ0n) is 8.56. The maximum Gasteiger partial charge on any atom is 0.404 e. The Balaban J connectivity index is 2.24. The molecule has 0 aromatic heterocycles. The summed E-state index contributed by atoms with van der Waals surface area (Å²) in [5, 5.41) is 0. The van der Waals surface area contributed by atoms with Gasteiger partial charge in [-0.2, -0.15) is 0 Å². The van der Waals surface area contributed by atoms with E-state index < -0.39 is 6.09 Å². The minimum atomic E-state index is -0.748. The highest BCUT2D eigenvalue weighted by molar-refractivity contribution is 5.64. The number of hydrogen-bond donors (Lipinski definition) is 2. The van der Waals surface area contributed by atoms with Crippen LogP contribution in [0, 0.1) is 0 Å². The van der Waals surface area contributed by atoms with Crippen LogP contribution >= 0.6 is 0 Å². The summed E-state index contributed by atoms with van der Waals surface area (Å²) >= 11 is 0. The molecule has 4 N–H and O–H groups in total. The van der Waals surface area contributed by atoms with Crippen LogP contribution in [0.3, 0.4) is 0 Å². The largest absolute Gasteiger partial charge is 0.450 e. The van der Waals surface area contributed by atoms with Crippen molar-refractivity contribution in [3.63, 3.8) is 0 Å². The van der Waals surface area contributed by atoms with E-state index in [9.17, 15) is 4.79 Å². The van der Waals surface area contributed by atoms with Crippen molar-refractivity contribution < 1.29 is 9.53 Å². The summed E-state index contributed by atoms with van der Waals surface area (Å²) in [5.74, 6) is 0. The van der Waals surface area contributed by atoms with E-state index >= 15 is 0 Å². The van der Waals surface area contributed by atoms with E-state index in [-0.39, 0.29) is 12.6 Å². The van der Waals surface area contributed by atoms with Crippen LogP contribution in [-0.2, 0) is 11.2 Å². The molecule has 0 bridgehead atoms. The average molecular weight is 208 g/mol. The summed E-state index contributed by atoms with van der Waals surface area (Å²) in [6.07, 6.45) is 0.655. The van der Waals surface area contributed by atoms with Gasteiger partial charge in [0, 0.05) is 6.04 Å². The number of carbonyl (C=O) groups is 1. The van der Waals surface area contributed by atoms with E-state index in [0.29, 0.717) is 6.42 Å². The predicted octanol–water partition coefficient (Wildman–Crippen LogP) is 1.04. The molecule has 0 fully saturated rings. The molecule has 0 aliphatic rings. The van der Waals surface area contributed by atoms with Crippen molar-refractivity contribution in [1.29, 1.82) is 0 Å². The number of nitrogens with two attached hydrogens (primary N) is 2. The highest BCUT2D eigenvalue weighted by Gasteiger charge is 2.04. The van der Waals surface area contributed by atoms with E-state index in [0.717, 1.165) is 6.42 Å². The molecule has 0 saturated carbocycles. The molecule has 4 heteroatoms. The van der Waals surface area contributed by atoms with Crippen LogP contribution in [0.5, 0.6) is 0 Å². The van der Waals surface area contributed by atoms with Gasteiger partial charge in [-0.25, -0.2) is 4.79 Å². The highest BCUT2D eigenvalue weighted by atomic mass is 16.5. The van der Waals surface area contributed by atoms with Gasteiger partial charge in [0.1, 0.15) is 0 Å².